The van der Waals surface area contributed by atoms with E-state index in [9.17, 15) is 4.79 Å². The minimum absolute atomic E-state index is 0.164. The van der Waals surface area contributed by atoms with Crippen LogP contribution in [0.3, 0.4) is 0 Å². The zero-order valence-electron chi connectivity index (χ0n) is 12.8. The number of nitrogens with one attached hydrogen (secondary N) is 3. The third-order valence-electron chi connectivity index (χ3n) is 3.41. The fraction of sp³-hybridized carbons (Fsp3) is 0.188. The van der Waals surface area contributed by atoms with Crippen LogP contribution in [-0.4, -0.2) is 23.4 Å². The van der Waals surface area contributed by atoms with E-state index in [1.807, 2.05) is 37.3 Å². The number of nitrogen functional groups attached to an aromatic ring is 2. The Bertz CT molecular complexity index is 701. The summed E-state index contributed by atoms with van der Waals surface area (Å²) in [7, 11) is 0. The van der Waals surface area contributed by atoms with Crippen molar-refractivity contribution in [1.29, 1.82) is 5.41 Å². The molecule has 1 aromatic carbocycles. The molecule has 0 saturated carbocycles. The van der Waals surface area contributed by atoms with E-state index in [0.717, 1.165) is 5.56 Å². The molecule has 0 aliphatic heterocycles. The van der Waals surface area contributed by atoms with E-state index in [4.69, 9.17) is 16.9 Å². The number of amidine groups is 1. The molecule has 0 fully saturated rings. The molecule has 23 heavy (non-hydrogen) atoms. The molecule has 7 heteroatoms. The summed E-state index contributed by atoms with van der Waals surface area (Å²) < 4.78 is 0. The molecule has 2 aromatic rings. The molecule has 7 N–H and O–H groups in total. The van der Waals surface area contributed by atoms with Gasteiger partial charge in [-0.2, -0.15) is 0 Å². The Morgan fingerprint density at radius 3 is 2.65 bits per heavy atom. The Labute approximate surface area is 134 Å². The highest BCUT2D eigenvalue weighted by Gasteiger charge is 2.10. The first-order chi connectivity index (χ1) is 11.0. The summed E-state index contributed by atoms with van der Waals surface area (Å²) in [6.07, 6.45) is 1.36. The van der Waals surface area contributed by atoms with Gasteiger partial charge in [-0.25, -0.2) is 9.78 Å². The number of pyridine rings is 1. The number of nitrogens with two attached hydrogens (primary N) is 2. The van der Waals surface area contributed by atoms with Crippen LogP contribution in [-0.2, 0) is 0 Å². The molecule has 120 valence electrons. The Kier molecular flexibility index (Phi) is 5.14. The highest BCUT2D eigenvalue weighted by molar-refractivity contribution is 6.00. The standard InChI is InChI=1S/C16H20N6O/c1-10(11-5-3-2-4-6-11)8-21-16(23)22-14-7-13(17)12(9-20-14)15(18)19/h2-7,9-10H,8H2,1H3,(H3,18,19)(H4,17,20,21,22,23). The summed E-state index contributed by atoms with van der Waals surface area (Å²) >= 11 is 0. The zero-order valence-corrected chi connectivity index (χ0v) is 12.8. The summed E-state index contributed by atoms with van der Waals surface area (Å²) in [4.78, 5) is 15.9. The second-order valence-electron chi connectivity index (χ2n) is 5.22. The van der Waals surface area contributed by atoms with Gasteiger partial charge in [0.25, 0.3) is 0 Å². The molecule has 0 aliphatic carbocycles. The van der Waals surface area contributed by atoms with Crippen molar-refractivity contribution in [3.63, 3.8) is 0 Å². The van der Waals surface area contributed by atoms with E-state index < -0.39 is 0 Å². The molecule has 0 bridgehead atoms. The van der Waals surface area contributed by atoms with Crippen molar-refractivity contribution in [3.05, 3.63) is 53.7 Å². The maximum atomic E-state index is 11.9. The lowest BCUT2D eigenvalue weighted by Crippen LogP contribution is -2.32. The minimum atomic E-state index is -0.366. The molecule has 1 unspecified atom stereocenters. The molecule has 1 aromatic heterocycles. The van der Waals surface area contributed by atoms with Crippen LogP contribution in [0.5, 0.6) is 0 Å². The summed E-state index contributed by atoms with van der Waals surface area (Å²) in [6.45, 7) is 2.53. The number of carbonyl (C=O) groups excluding carboxylic acids is 1. The number of hydrogen-bond acceptors (Lipinski definition) is 4. The Morgan fingerprint density at radius 2 is 2.04 bits per heavy atom. The molecule has 0 spiro atoms. The first-order valence-corrected chi connectivity index (χ1v) is 7.17. The summed E-state index contributed by atoms with van der Waals surface area (Å²) in [5.74, 6) is 0.333. The van der Waals surface area contributed by atoms with Crippen molar-refractivity contribution in [3.8, 4) is 0 Å². The molecule has 1 heterocycles. The fourth-order valence-corrected chi connectivity index (χ4v) is 2.07. The molecule has 0 saturated heterocycles. The van der Waals surface area contributed by atoms with E-state index >= 15 is 0 Å². The molecule has 0 aliphatic rings. The van der Waals surface area contributed by atoms with E-state index in [0.29, 0.717) is 23.6 Å². The summed E-state index contributed by atoms with van der Waals surface area (Å²) in [6, 6.07) is 11.0. The van der Waals surface area contributed by atoms with Crippen LogP contribution >= 0.6 is 0 Å². The number of urea groups is 1. The smallest absolute Gasteiger partial charge is 0.320 e. The van der Waals surface area contributed by atoms with Gasteiger partial charge in [-0.05, 0) is 11.5 Å². The predicted molar refractivity (Wildman–Crippen MR) is 91.5 cm³/mol. The van der Waals surface area contributed by atoms with E-state index in [2.05, 4.69) is 15.6 Å². The van der Waals surface area contributed by atoms with Gasteiger partial charge in [0, 0.05) is 24.5 Å². The Balaban J connectivity index is 1.90. The Morgan fingerprint density at radius 1 is 1.35 bits per heavy atom. The van der Waals surface area contributed by atoms with Gasteiger partial charge in [0.15, 0.2) is 0 Å². The first kappa shape index (κ1) is 16.3. The topological polar surface area (TPSA) is 130 Å². The maximum Gasteiger partial charge on any atom is 0.320 e. The second kappa shape index (κ2) is 7.26. The van der Waals surface area contributed by atoms with Gasteiger partial charge in [0.05, 0.1) is 5.56 Å². The van der Waals surface area contributed by atoms with Crippen LogP contribution in [0, 0.1) is 5.41 Å². The van der Waals surface area contributed by atoms with Crippen LogP contribution in [0.2, 0.25) is 0 Å². The fourth-order valence-electron chi connectivity index (χ4n) is 2.07. The van der Waals surface area contributed by atoms with Crippen molar-refractivity contribution < 1.29 is 4.79 Å². The van der Waals surface area contributed by atoms with Gasteiger partial charge in [-0.15, -0.1) is 0 Å². The van der Waals surface area contributed by atoms with Crippen LogP contribution in [0.4, 0.5) is 16.3 Å². The van der Waals surface area contributed by atoms with Crippen molar-refractivity contribution in [2.45, 2.75) is 12.8 Å². The molecule has 2 amide bonds. The van der Waals surface area contributed by atoms with Crippen molar-refractivity contribution >= 4 is 23.4 Å². The van der Waals surface area contributed by atoms with Gasteiger partial charge in [0.2, 0.25) is 0 Å². The molecular weight excluding hydrogens is 292 g/mol. The second-order valence-corrected chi connectivity index (χ2v) is 5.22. The lowest BCUT2D eigenvalue weighted by molar-refractivity contribution is 0.251. The van der Waals surface area contributed by atoms with Gasteiger partial charge in [-0.3, -0.25) is 10.7 Å². The quantitative estimate of drug-likeness (QED) is 0.426. The predicted octanol–water partition coefficient (Wildman–Crippen LogP) is 1.87. The molecule has 1 atom stereocenters. The van der Waals surface area contributed by atoms with Gasteiger partial charge >= 0.3 is 6.03 Å². The largest absolute Gasteiger partial charge is 0.398 e. The number of benzene rings is 1. The Hall–Kier alpha value is -3.09. The summed E-state index contributed by atoms with van der Waals surface area (Å²) in [5.41, 5.74) is 12.9. The van der Waals surface area contributed by atoms with Crippen molar-refractivity contribution in [2.24, 2.45) is 5.73 Å². The van der Waals surface area contributed by atoms with Gasteiger partial charge in [-0.1, -0.05) is 37.3 Å². The number of anilines is 2. The average Bonchev–Trinajstić information content (AvgIpc) is 2.53. The van der Waals surface area contributed by atoms with Crippen LogP contribution in [0.25, 0.3) is 0 Å². The average molecular weight is 312 g/mol. The monoisotopic (exact) mass is 312 g/mol. The number of aromatic nitrogens is 1. The lowest BCUT2D eigenvalue weighted by atomic mass is 10.0. The van der Waals surface area contributed by atoms with Gasteiger partial charge in [0.1, 0.15) is 11.7 Å². The lowest BCUT2D eigenvalue weighted by Gasteiger charge is -2.14. The number of nitrogens with zero attached hydrogens (tertiary/aromatic N) is 1. The van der Waals surface area contributed by atoms with Gasteiger partial charge < -0.3 is 16.8 Å². The van der Waals surface area contributed by atoms with Crippen molar-refractivity contribution in [1.82, 2.24) is 10.3 Å². The van der Waals surface area contributed by atoms with E-state index in [1.165, 1.54) is 12.3 Å². The van der Waals surface area contributed by atoms with Crippen LogP contribution < -0.4 is 22.1 Å². The van der Waals surface area contributed by atoms with Crippen LogP contribution in [0.1, 0.15) is 24.0 Å². The van der Waals surface area contributed by atoms with Crippen LogP contribution in [0.15, 0.2) is 42.6 Å². The molecule has 0 radical (unpaired) electrons. The van der Waals surface area contributed by atoms with Crippen molar-refractivity contribution in [2.75, 3.05) is 17.6 Å². The maximum absolute atomic E-state index is 11.9. The number of rotatable bonds is 5. The third-order valence-corrected chi connectivity index (χ3v) is 3.41. The number of amides is 2. The SMILES string of the molecule is CC(CNC(=O)Nc1cc(N)c(C(=N)N)cn1)c1ccccc1. The van der Waals surface area contributed by atoms with E-state index in [-0.39, 0.29) is 17.8 Å². The molecule has 2 rings (SSSR count). The molecular formula is C16H20N6O. The molecule has 7 nitrogen and oxygen atoms in total. The highest BCUT2D eigenvalue weighted by atomic mass is 16.2. The first-order valence-electron chi connectivity index (χ1n) is 7.17. The number of hydrogen-bond donors (Lipinski definition) is 5. The zero-order chi connectivity index (χ0) is 16.8. The van der Waals surface area contributed by atoms with E-state index in [1.54, 1.807) is 0 Å². The highest BCUT2D eigenvalue weighted by Crippen LogP contribution is 2.15. The normalized spacial score (nSPS) is 11.5. The summed E-state index contributed by atoms with van der Waals surface area (Å²) in [5, 5.41) is 12.7. The third kappa shape index (κ3) is 4.44. The minimum Gasteiger partial charge on any atom is -0.398 e. The number of carbonyl (C=O) groups is 1.